The van der Waals surface area contributed by atoms with Crippen molar-refractivity contribution in [2.45, 2.75) is 52.7 Å². The monoisotopic (exact) mass is 941 g/mol. The largest absolute Gasteiger partial charge is 0.462 e. The Balaban J connectivity index is 2.47. The van der Waals surface area contributed by atoms with Crippen molar-refractivity contribution in [2.75, 3.05) is 37.7 Å². The molecule has 0 aromatic heterocycles. The van der Waals surface area contributed by atoms with Gasteiger partial charge in [0.1, 0.15) is 13.2 Å². The Kier molecular flexibility index (Phi) is 14.8. The van der Waals surface area contributed by atoms with Gasteiger partial charge in [0.25, 0.3) is 11.8 Å². The molecule has 1 fully saturated rings. The van der Waals surface area contributed by atoms with E-state index in [0.29, 0.717) is 32.2 Å². The van der Waals surface area contributed by atoms with E-state index in [4.69, 9.17) is 18.9 Å². The summed E-state index contributed by atoms with van der Waals surface area (Å²) in [4.78, 5) is 87.0. The molecule has 1 heterocycles. The van der Waals surface area contributed by atoms with Gasteiger partial charge in [-0.25, -0.2) is 0 Å². The van der Waals surface area contributed by atoms with Crippen molar-refractivity contribution >= 4 is 115 Å². The lowest BCUT2D eigenvalue weighted by Gasteiger charge is -2.25. The molecule has 3 amide bonds. The van der Waals surface area contributed by atoms with E-state index in [1.807, 2.05) is 67.8 Å². The van der Waals surface area contributed by atoms with Gasteiger partial charge < -0.3 is 34.5 Å². The van der Waals surface area contributed by atoms with Crippen LogP contribution in [0.2, 0.25) is 0 Å². The first-order valence-electron chi connectivity index (χ1n) is 12.8. The number of halogens is 3. The van der Waals surface area contributed by atoms with Crippen LogP contribution >= 0.6 is 67.8 Å². The molecule has 17 heteroatoms. The minimum atomic E-state index is -0.970. The van der Waals surface area contributed by atoms with E-state index in [1.54, 1.807) is 0 Å². The van der Waals surface area contributed by atoms with Crippen LogP contribution in [0.15, 0.2) is 0 Å². The molecule has 2 unspecified atom stereocenters. The summed E-state index contributed by atoms with van der Waals surface area (Å²) in [5.74, 6) is -3.88. The fourth-order valence-corrected chi connectivity index (χ4v) is 8.65. The number of esters is 4. The topological polar surface area (TPSA) is 184 Å². The van der Waals surface area contributed by atoms with E-state index in [2.05, 4.69) is 10.6 Å². The Morgan fingerprint density at radius 3 is 1.47 bits per heavy atom. The van der Waals surface area contributed by atoms with Crippen molar-refractivity contribution in [1.82, 2.24) is 10.6 Å². The number of nitrogens with zero attached hydrogens (tertiary/aromatic N) is 1. The molecule has 0 radical (unpaired) electrons. The summed E-state index contributed by atoms with van der Waals surface area (Å²) in [6, 6.07) is 0. The fourth-order valence-electron chi connectivity index (χ4n) is 3.92. The lowest BCUT2D eigenvalue weighted by atomic mass is 10.1. The Labute approximate surface area is 288 Å². The number of hydrogen-bond acceptors (Lipinski definition) is 11. The van der Waals surface area contributed by atoms with E-state index in [9.17, 15) is 33.6 Å². The van der Waals surface area contributed by atoms with E-state index in [-0.39, 0.29) is 46.9 Å². The summed E-state index contributed by atoms with van der Waals surface area (Å²) in [7, 11) is 0. The summed E-state index contributed by atoms with van der Waals surface area (Å²) in [6.45, 7) is 4.15. The zero-order valence-electron chi connectivity index (χ0n) is 23.7. The summed E-state index contributed by atoms with van der Waals surface area (Å²) in [5.41, 5.74) is 0.603. The highest BCUT2D eigenvalue weighted by Gasteiger charge is 2.34. The van der Waals surface area contributed by atoms with Gasteiger partial charge in [-0.1, -0.05) is 0 Å². The molecule has 1 aliphatic heterocycles. The van der Waals surface area contributed by atoms with Crippen molar-refractivity contribution in [3.63, 3.8) is 0 Å². The van der Waals surface area contributed by atoms with Crippen molar-refractivity contribution in [2.24, 2.45) is 0 Å². The predicted molar refractivity (Wildman–Crippen MR) is 175 cm³/mol. The maximum atomic E-state index is 13.6. The molecule has 0 bridgehead atoms. The van der Waals surface area contributed by atoms with Gasteiger partial charge >= 0.3 is 23.9 Å². The van der Waals surface area contributed by atoms with Crippen LogP contribution in [-0.2, 0) is 42.9 Å². The molecule has 236 valence electrons. The molecule has 2 rings (SSSR count). The number of ether oxygens (including phenoxy) is 4. The Morgan fingerprint density at radius 1 is 0.721 bits per heavy atom. The molecule has 43 heavy (non-hydrogen) atoms. The van der Waals surface area contributed by atoms with Gasteiger partial charge in [-0.3, -0.25) is 33.6 Å². The molecule has 14 nitrogen and oxygen atoms in total. The maximum absolute atomic E-state index is 13.6. The minimum Gasteiger partial charge on any atom is -0.462 e. The second-order valence-electron chi connectivity index (χ2n) is 9.18. The standard InChI is InChI=1S/C26H30I3N3O11/c1-12(33)40-10-16(42-14(3)35)8-30-25(38)19-21(27)20(23(29)24(22(19)28)32-7-5-6-18(32)37)26(39)31-9-17(43-15(4)36)11-41-13(2)34/h16-17H,5-11H2,1-4H3,(H,30,38)(H,31,39). The van der Waals surface area contributed by atoms with Gasteiger partial charge in [0.15, 0.2) is 12.2 Å². The lowest BCUT2D eigenvalue weighted by molar-refractivity contribution is -0.155. The molecule has 0 aliphatic carbocycles. The van der Waals surface area contributed by atoms with E-state index in [1.165, 1.54) is 32.6 Å². The molecular formula is C26H30I3N3O11. The highest BCUT2D eigenvalue weighted by atomic mass is 127. The third-order valence-corrected chi connectivity index (χ3v) is 8.86. The van der Waals surface area contributed by atoms with Crippen LogP contribution in [0.25, 0.3) is 0 Å². The lowest BCUT2D eigenvalue weighted by Crippen LogP contribution is -2.40. The number of benzene rings is 1. The highest BCUT2D eigenvalue weighted by Crippen LogP contribution is 2.39. The van der Waals surface area contributed by atoms with E-state index >= 15 is 0 Å². The molecule has 1 aliphatic rings. The van der Waals surface area contributed by atoms with Crippen LogP contribution in [0, 0.1) is 10.7 Å². The number of anilines is 1. The first-order chi connectivity index (χ1) is 20.1. The highest BCUT2D eigenvalue weighted by molar-refractivity contribution is 14.1. The van der Waals surface area contributed by atoms with Crippen LogP contribution in [0.4, 0.5) is 5.69 Å². The molecule has 2 atom stereocenters. The SMILES string of the molecule is CC(=O)OCC(CNC(=O)c1c(I)c(C(=O)NCC(COC(C)=O)OC(C)=O)c(I)c(N2CCCC2=O)c1I)OC(C)=O. The van der Waals surface area contributed by atoms with Gasteiger partial charge in [-0.05, 0) is 74.2 Å². The first-order valence-corrected chi connectivity index (χ1v) is 16.1. The number of rotatable bonds is 13. The summed E-state index contributed by atoms with van der Waals surface area (Å²) >= 11 is 5.78. The first kappa shape index (κ1) is 36.9. The Morgan fingerprint density at radius 2 is 1.14 bits per heavy atom. The molecule has 2 N–H and O–H groups in total. The third-order valence-electron chi connectivity index (χ3n) is 5.68. The second-order valence-corrected chi connectivity index (χ2v) is 12.4. The van der Waals surface area contributed by atoms with Gasteiger partial charge in [0, 0.05) is 44.2 Å². The summed E-state index contributed by atoms with van der Waals surface area (Å²) < 4.78 is 21.3. The predicted octanol–water partition coefficient (Wildman–Crippen LogP) is 2.08. The average Bonchev–Trinajstić information content (AvgIpc) is 3.31. The zero-order valence-corrected chi connectivity index (χ0v) is 30.1. The molecule has 1 saturated heterocycles. The van der Waals surface area contributed by atoms with Gasteiger partial charge in [0.05, 0.1) is 37.0 Å². The molecule has 0 saturated carbocycles. The average molecular weight is 941 g/mol. The van der Waals surface area contributed by atoms with Crippen molar-refractivity contribution in [3.8, 4) is 0 Å². The number of hydrogen-bond donors (Lipinski definition) is 2. The third kappa shape index (κ3) is 11.0. The second kappa shape index (κ2) is 17.3. The van der Waals surface area contributed by atoms with E-state index in [0.717, 1.165) is 0 Å². The van der Waals surface area contributed by atoms with Gasteiger partial charge in [-0.15, -0.1) is 0 Å². The van der Waals surface area contributed by atoms with Gasteiger partial charge in [-0.2, -0.15) is 0 Å². The number of nitrogens with one attached hydrogen (secondary N) is 2. The quantitative estimate of drug-likeness (QED) is 0.168. The number of amides is 3. The van der Waals surface area contributed by atoms with Gasteiger partial charge in [0.2, 0.25) is 5.91 Å². The fraction of sp³-hybridized carbons (Fsp3) is 0.500. The van der Waals surface area contributed by atoms with Crippen LogP contribution in [0.1, 0.15) is 61.3 Å². The van der Waals surface area contributed by atoms with Crippen molar-refractivity contribution in [3.05, 3.63) is 21.8 Å². The molecule has 1 aromatic carbocycles. The number of carbonyl (C=O) groups excluding carboxylic acids is 7. The van der Waals surface area contributed by atoms with Crippen LogP contribution in [-0.4, -0.2) is 86.7 Å². The van der Waals surface area contributed by atoms with Crippen LogP contribution in [0.5, 0.6) is 0 Å². The molecule has 1 aromatic rings. The molecule has 0 spiro atoms. The van der Waals surface area contributed by atoms with Crippen LogP contribution in [0.3, 0.4) is 0 Å². The summed E-state index contributed by atoms with van der Waals surface area (Å²) in [6.07, 6.45) is -1.04. The van der Waals surface area contributed by atoms with E-state index < -0.39 is 47.9 Å². The smallest absolute Gasteiger partial charge is 0.303 e. The number of carbonyl (C=O) groups is 7. The van der Waals surface area contributed by atoms with Crippen LogP contribution < -0.4 is 15.5 Å². The Hall–Kier alpha value is -2.30. The normalized spacial score (nSPS) is 13.9. The maximum Gasteiger partial charge on any atom is 0.303 e. The molecular weight excluding hydrogens is 911 g/mol. The zero-order chi connectivity index (χ0) is 32.4. The van der Waals surface area contributed by atoms with Crippen molar-refractivity contribution < 1.29 is 52.5 Å². The summed E-state index contributed by atoms with van der Waals surface area (Å²) in [5, 5.41) is 5.33. The van der Waals surface area contributed by atoms with Crippen molar-refractivity contribution in [1.29, 1.82) is 0 Å². The minimum absolute atomic E-state index is 0.104. The Bertz CT molecular complexity index is 1220.